The molecule has 0 unspecified atom stereocenters. The predicted octanol–water partition coefficient (Wildman–Crippen LogP) is 3.34. The van der Waals surface area contributed by atoms with Crippen LogP contribution >= 0.6 is 15.9 Å². The minimum absolute atomic E-state index is 0.0223. The van der Waals surface area contributed by atoms with Crippen LogP contribution in [0.5, 0.6) is 0 Å². The van der Waals surface area contributed by atoms with Crippen molar-refractivity contribution in [1.82, 2.24) is 4.90 Å². The van der Waals surface area contributed by atoms with Crippen LogP contribution in [0.25, 0.3) is 0 Å². The number of aryl methyl sites for hydroxylation is 1. The van der Waals surface area contributed by atoms with Gasteiger partial charge in [-0.1, -0.05) is 15.9 Å². The van der Waals surface area contributed by atoms with Crippen molar-refractivity contribution in [2.45, 2.75) is 20.4 Å². The van der Waals surface area contributed by atoms with Gasteiger partial charge in [-0.05, 0) is 42.8 Å². The summed E-state index contributed by atoms with van der Waals surface area (Å²) in [7, 11) is 0. The molecule has 0 aliphatic heterocycles. The lowest BCUT2D eigenvalue weighted by molar-refractivity contribution is -0.133. The van der Waals surface area contributed by atoms with E-state index in [1.54, 1.807) is 18.4 Å². The van der Waals surface area contributed by atoms with Gasteiger partial charge in [0, 0.05) is 17.1 Å². The smallest absolute Gasteiger partial charge is 0.244 e. The van der Waals surface area contributed by atoms with Gasteiger partial charge in [-0.3, -0.25) is 9.59 Å². The van der Waals surface area contributed by atoms with E-state index in [0.717, 1.165) is 15.7 Å². The Morgan fingerprint density at radius 3 is 2.68 bits per heavy atom. The van der Waals surface area contributed by atoms with Crippen molar-refractivity contribution in [1.29, 1.82) is 0 Å². The van der Waals surface area contributed by atoms with Gasteiger partial charge in [0.05, 0.1) is 12.8 Å². The Morgan fingerprint density at radius 1 is 1.32 bits per heavy atom. The second kappa shape index (κ2) is 7.26. The fourth-order valence-corrected chi connectivity index (χ4v) is 2.48. The van der Waals surface area contributed by atoms with Crippen LogP contribution in [0, 0.1) is 6.92 Å². The molecule has 5 nitrogen and oxygen atoms in total. The van der Waals surface area contributed by atoms with Crippen LogP contribution in [0.4, 0.5) is 5.69 Å². The maximum absolute atomic E-state index is 12.1. The minimum Gasteiger partial charge on any atom is -0.467 e. The van der Waals surface area contributed by atoms with Crippen molar-refractivity contribution in [3.05, 3.63) is 52.4 Å². The first-order valence-corrected chi connectivity index (χ1v) is 7.59. The summed E-state index contributed by atoms with van der Waals surface area (Å²) in [6.45, 7) is 3.59. The average molecular weight is 365 g/mol. The molecule has 6 heteroatoms. The van der Waals surface area contributed by atoms with Gasteiger partial charge in [-0.2, -0.15) is 0 Å². The first-order valence-electron chi connectivity index (χ1n) is 6.79. The lowest BCUT2D eigenvalue weighted by Crippen LogP contribution is -2.36. The lowest BCUT2D eigenvalue weighted by Gasteiger charge is -2.19. The average Bonchev–Trinajstić information content (AvgIpc) is 2.94. The molecule has 0 saturated carbocycles. The third-order valence-corrected chi connectivity index (χ3v) is 3.66. The topological polar surface area (TPSA) is 62.6 Å². The maximum atomic E-state index is 12.1. The molecular weight excluding hydrogens is 348 g/mol. The Labute approximate surface area is 137 Å². The Kier molecular flexibility index (Phi) is 5.38. The molecule has 2 rings (SSSR count). The van der Waals surface area contributed by atoms with Gasteiger partial charge in [-0.15, -0.1) is 0 Å². The summed E-state index contributed by atoms with van der Waals surface area (Å²) in [4.78, 5) is 25.2. The van der Waals surface area contributed by atoms with Crippen molar-refractivity contribution in [3.63, 3.8) is 0 Å². The number of anilines is 1. The van der Waals surface area contributed by atoms with Crippen molar-refractivity contribution >= 4 is 33.4 Å². The molecule has 0 bridgehead atoms. The van der Waals surface area contributed by atoms with E-state index in [0.29, 0.717) is 5.76 Å². The zero-order valence-corrected chi connectivity index (χ0v) is 14.0. The summed E-state index contributed by atoms with van der Waals surface area (Å²) in [6, 6.07) is 9.11. The summed E-state index contributed by atoms with van der Waals surface area (Å²) in [6.07, 6.45) is 1.54. The van der Waals surface area contributed by atoms with Crippen LogP contribution < -0.4 is 5.32 Å². The number of hydrogen-bond donors (Lipinski definition) is 1. The first kappa shape index (κ1) is 16.3. The molecule has 2 aromatic rings. The number of nitrogens with zero attached hydrogens (tertiary/aromatic N) is 1. The van der Waals surface area contributed by atoms with Gasteiger partial charge in [-0.25, -0.2) is 0 Å². The predicted molar refractivity (Wildman–Crippen MR) is 87.3 cm³/mol. The molecule has 1 heterocycles. The van der Waals surface area contributed by atoms with Crippen LogP contribution in [-0.2, 0) is 16.1 Å². The number of furan rings is 1. The Hall–Kier alpha value is -2.08. The summed E-state index contributed by atoms with van der Waals surface area (Å²) >= 11 is 3.38. The van der Waals surface area contributed by atoms with E-state index < -0.39 is 0 Å². The van der Waals surface area contributed by atoms with E-state index in [1.807, 2.05) is 25.1 Å². The maximum Gasteiger partial charge on any atom is 0.244 e. The van der Waals surface area contributed by atoms with E-state index in [1.165, 1.54) is 11.8 Å². The SMILES string of the molecule is CC(=O)N(CC(=O)Nc1ccc(Br)cc1C)Cc1ccco1. The molecule has 0 aliphatic rings. The molecule has 22 heavy (non-hydrogen) atoms. The lowest BCUT2D eigenvalue weighted by atomic mass is 10.2. The Balaban J connectivity index is 2.00. The molecule has 116 valence electrons. The molecule has 0 radical (unpaired) electrons. The minimum atomic E-state index is -0.243. The van der Waals surface area contributed by atoms with Crippen molar-refractivity contribution < 1.29 is 14.0 Å². The highest BCUT2D eigenvalue weighted by atomic mass is 79.9. The van der Waals surface area contributed by atoms with Gasteiger partial charge in [0.1, 0.15) is 12.3 Å². The molecule has 0 aliphatic carbocycles. The highest BCUT2D eigenvalue weighted by Gasteiger charge is 2.16. The largest absolute Gasteiger partial charge is 0.467 e. The summed E-state index contributed by atoms with van der Waals surface area (Å²) in [5.74, 6) is 0.217. The van der Waals surface area contributed by atoms with Crippen LogP contribution in [0.2, 0.25) is 0 Å². The molecule has 1 aromatic carbocycles. The van der Waals surface area contributed by atoms with Gasteiger partial charge < -0.3 is 14.6 Å². The highest BCUT2D eigenvalue weighted by Crippen LogP contribution is 2.20. The molecule has 0 saturated heterocycles. The van der Waals surface area contributed by atoms with E-state index in [-0.39, 0.29) is 24.9 Å². The second-order valence-corrected chi connectivity index (χ2v) is 5.88. The molecule has 2 amide bonds. The number of carbonyl (C=O) groups is 2. The van der Waals surface area contributed by atoms with Crippen LogP contribution in [-0.4, -0.2) is 23.3 Å². The van der Waals surface area contributed by atoms with E-state index >= 15 is 0 Å². The van der Waals surface area contributed by atoms with Gasteiger partial charge in [0.2, 0.25) is 11.8 Å². The van der Waals surface area contributed by atoms with Gasteiger partial charge in [0.15, 0.2) is 0 Å². The van der Waals surface area contributed by atoms with E-state index in [2.05, 4.69) is 21.2 Å². The summed E-state index contributed by atoms with van der Waals surface area (Å²) < 4.78 is 6.17. The zero-order chi connectivity index (χ0) is 16.1. The third kappa shape index (κ3) is 4.46. The molecule has 1 aromatic heterocycles. The standard InChI is InChI=1S/C16H17BrN2O3/c1-11-8-13(17)5-6-15(11)18-16(21)10-19(12(2)20)9-14-4-3-7-22-14/h3-8H,9-10H2,1-2H3,(H,18,21). The van der Waals surface area contributed by atoms with Crippen LogP contribution in [0.1, 0.15) is 18.2 Å². The molecule has 0 spiro atoms. The quantitative estimate of drug-likeness (QED) is 0.884. The number of halogens is 1. The summed E-state index contributed by atoms with van der Waals surface area (Å²) in [5.41, 5.74) is 1.68. The number of hydrogen-bond acceptors (Lipinski definition) is 3. The normalized spacial score (nSPS) is 10.3. The van der Waals surface area contributed by atoms with Crippen molar-refractivity contribution in [2.24, 2.45) is 0 Å². The number of amides is 2. The fourth-order valence-electron chi connectivity index (χ4n) is 2.00. The Morgan fingerprint density at radius 2 is 2.09 bits per heavy atom. The van der Waals surface area contributed by atoms with Crippen LogP contribution in [0.15, 0.2) is 45.5 Å². The van der Waals surface area contributed by atoms with E-state index in [4.69, 9.17) is 4.42 Å². The van der Waals surface area contributed by atoms with Gasteiger partial charge >= 0.3 is 0 Å². The van der Waals surface area contributed by atoms with Gasteiger partial charge in [0.25, 0.3) is 0 Å². The highest BCUT2D eigenvalue weighted by molar-refractivity contribution is 9.10. The van der Waals surface area contributed by atoms with Crippen LogP contribution in [0.3, 0.4) is 0 Å². The monoisotopic (exact) mass is 364 g/mol. The first-order chi connectivity index (χ1) is 10.5. The van der Waals surface area contributed by atoms with E-state index in [9.17, 15) is 9.59 Å². The zero-order valence-electron chi connectivity index (χ0n) is 12.4. The third-order valence-electron chi connectivity index (χ3n) is 3.17. The number of carbonyl (C=O) groups excluding carboxylic acids is 2. The molecular formula is C16H17BrN2O3. The number of rotatable bonds is 5. The Bertz CT molecular complexity index is 668. The molecule has 1 N–H and O–H groups in total. The number of nitrogens with one attached hydrogen (secondary N) is 1. The molecule has 0 fully saturated rings. The second-order valence-electron chi connectivity index (χ2n) is 4.96. The van der Waals surface area contributed by atoms with Crippen molar-refractivity contribution in [3.8, 4) is 0 Å². The molecule has 0 atom stereocenters. The fraction of sp³-hybridized carbons (Fsp3) is 0.250. The summed E-state index contributed by atoms with van der Waals surface area (Å²) in [5, 5.41) is 2.82. The van der Waals surface area contributed by atoms with Crippen molar-refractivity contribution in [2.75, 3.05) is 11.9 Å². The number of benzene rings is 1.